The summed E-state index contributed by atoms with van der Waals surface area (Å²) in [6.07, 6.45) is 4.79. The summed E-state index contributed by atoms with van der Waals surface area (Å²) < 4.78 is 5.01. The minimum atomic E-state index is -0.978. The zero-order valence-corrected chi connectivity index (χ0v) is 15.8. The van der Waals surface area contributed by atoms with Crippen molar-refractivity contribution in [2.45, 2.75) is 38.0 Å². The SMILES string of the molecule is COc1ccc(CC(=O)Nc2cc([C@H]3CC[C@@H](CCNC(=O)O)C3)[nH]n2)cn1. The molecule has 2 heterocycles. The van der Waals surface area contributed by atoms with E-state index < -0.39 is 6.09 Å². The maximum Gasteiger partial charge on any atom is 0.404 e. The first-order valence-electron chi connectivity index (χ1n) is 9.34. The molecule has 2 aromatic heterocycles. The molecule has 0 unspecified atom stereocenters. The highest BCUT2D eigenvalue weighted by molar-refractivity contribution is 5.91. The van der Waals surface area contributed by atoms with Crippen LogP contribution in [0.3, 0.4) is 0 Å². The Hall–Kier alpha value is -3.10. The van der Waals surface area contributed by atoms with Gasteiger partial charge in [-0.05, 0) is 37.2 Å². The molecule has 9 nitrogen and oxygen atoms in total. The average molecular weight is 387 g/mol. The van der Waals surface area contributed by atoms with Gasteiger partial charge in [-0.2, -0.15) is 5.10 Å². The van der Waals surface area contributed by atoms with Crippen LogP contribution in [-0.2, 0) is 11.2 Å². The van der Waals surface area contributed by atoms with Crippen molar-refractivity contribution in [3.8, 4) is 5.88 Å². The van der Waals surface area contributed by atoms with Crippen LogP contribution in [-0.4, -0.2) is 45.9 Å². The summed E-state index contributed by atoms with van der Waals surface area (Å²) in [7, 11) is 1.55. The van der Waals surface area contributed by atoms with Crippen molar-refractivity contribution in [1.82, 2.24) is 20.5 Å². The van der Waals surface area contributed by atoms with Crippen LogP contribution in [0, 0.1) is 5.92 Å². The van der Waals surface area contributed by atoms with Gasteiger partial charge in [0.2, 0.25) is 11.8 Å². The number of H-pyrrole nitrogens is 1. The minimum absolute atomic E-state index is 0.158. The Morgan fingerprint density at radius 3 is 2.93 bits per heavy atom. The largest absolute Gasteiger partial charge is 0.481 e. The Bertz CT molecular complexity index is 805. The number of carboxylic acid groups (broad SMARTS) is 1. The van der Waals surface area contributed by atoms with Gasteiger partial charge in [-0.25, -0.2) is 9.78 Å². The van der Waals surface area contributed by atoms with Crippen LogP contribution in [0.2, 0.25) is 0 Å². The molecule has 1 aliphatic carbocycles. The molecule has 28 heavy (non-hydrogen) atoms. The number of aromatic amines is 1. The summed E-state index contributed by atoms with van der Waals surface area (Å²) in [4.78, 5) is 26.8. The average Bonchev–Trinajstić information content (AvgIpc) is 3.31. The van der Waals surface area contributed by atoms with Gasteiger partial charge in [-0.3, -0.25) is 9.89 Å². The van der Waals surface area contributed by atoms with Gasteiger partial charge in [0, 0.05) is 36.5 Å². The van der Waals surface area contributed by atoms with Crippen molar-refractivity contribution in [3.63, 3.8) is 0 Å². The highest BCUT2D eigenvalue weighted by Crippen LogP contribution is 2.39. The topological polar surface area (TPSA) is 129 Å². The van der Waals surface area contributed by atoms with Crippen LogP contribution in [0.1, 0.15) is 42.9 Å². The van der Waals surface area contributed by atoms with Gasteiger partial charge in [0.1, 0.15) is 0 Å². The first kappa shape index (κ1) is 19.7. The Morgan fingerprint density at radius 2 is 2.21 bits per heavy atom. The summed E-state index contributed by atoms with van der Waals surface area (Å²) >= 11 is 0. The molecule has 2 aromatic rings. The maximum absolute atomic E-state index is 12.2. The van der Waals surface area contributed by atoms with Gasteiger partial charge in [-0.15, -0.1) is 0 Å². The highest BCUT2D eigenvalue weighted by Gasteiger charge is 2.27. The molecule has 0 aliphatic heterocycles. The number of rotatable bonds is 8. The van der Waals surface area contributed by atoms with Crippen molar-refractivity contribution in [2.24, 2.45) is 5.92 Å². The summed E-state index contributed by atoms with van der Waals surface area (Å²) in [5, 5.41) is 21.1. The third kappa shape index (κ3) is 5.45. The number of carbonyl (C=O) groups is 2. The molecule has 3 rings (SSSR count). The smallest absolute Gasteiger partial charge is 0.404 e. The third-order valence-electron chi connectivity index (χ3n) is 5.05. The molecule has 0 radical (unpaired) electrons. The number of methoxy groups -OCH3 is 1. The quantitative estimate of drug-likeness (QED) is 0.551. The lowest BCUT2D eigenvalue weighted by molar-refractivity contribution is -0.115. The van der Waals surface area contributed by atoms with Gasteiger partial charge in [0.15, 0.2) is 5.82 Å². The van der Waals surface area contributed by atoms with E-state index in [2.05, 4.69) is 25.8 Å². The third-order valence-corrected chi connectivity index (χ3v) is 5.05. The molecule has 1 saturated carbocycles. The monoisotopic (exact) mass is 387 g/mol. The van der Waals surface area contributed by atoms with Gasteiger partial charge < -0.3 is 20.5 Å². The fourth-order valence-electron chi connectivity index (χ4n) is 3.62. The second kappa shape index (κ2) is 9.20. The van der Waals surface area contributed by atoms with Gasteiger partial charge >= 0.3 is 6.09 Å². The predicted octanol–water partition coefficient (Wildman–Crippen LogP) is 2.54. The molecule has 1 aliphatic rings. The second-order valence-electron chi connectivity index (χ2n) is 7.04. The van der Waals surface area contributed by atoms with E-state index in [4.69, 9.17) is 9.84 Å². The first-order valence-corrected chi connectivity index (χ1v) is 9.34. The van der Waals surface area contributed by atoms with E-state index in [1.54, 1.807) is 25.4 Å². The summed E-state index contributed by atoms with van der Waals surface area (Å²) in [6, 6.07) is 5.41. The first-order chi connectivity index (χ1) is 13.5. The van der Waals surface area contributed by atoms with Crippen molar-refractivity contribution < 1.29 is 19.4 Å². The Labute approximate surface area is 162 Å². The number of carbonyl (C=O) groups excluding carboxylic acids is 1. The number of aromatic nitrogens is 3. The number of hydrogen-bond acceptors (Lipinski definition) is 5. The number of anilines is 1. The molecule has 0 saturated heterocycles. The van der Waals surface area contributed by atoms with Crippen LogP contribution in [0.25, 0.3) is 0 Å². The van der Waals surface area contributed by atoms with E-state index in [1.165, 1.54) is 0 Å². The zero-order valence-electron chi connectivity index (χ0n) is 15.8. The van der Waals surface area contributed by atoms with E-state index in [9.17, 15) is 9.59 Å². The second-order valence-corrected chi connectivity index (χ2v) is 7.04. The van der Waals surface area contributed by atoms with Crippen molar-refractivity contribution in [1.29, 1.82) is 0 Å². The minimum Gasteiger partial charge on any atom is -0.481 e. The van der Waals surface area contributed by atoms with E-state index >= 15 is 0 Å². The Balaban J connectivity index is 1.47. The number of nitrogens with zero attached hydrogens (tertiary/aromatic N) is 2. The lowest BCUT2D eigenvalue weighted by Crippen LogP contribution is -2.23. The molecule has 150 valence electrons. The fraction of sp³-hybridized carbons (Fsp3) is 0.474. The van der Waals surface area contributed by atoms with E-state index in [-0.39, 0.29) is 12.3 Å². The molecule has 2 amide bonds. The van der Waals surface area contributed by atoms with E-state index in [0.29, 0.717) is 30.1 Å². The van der Waals surface area contributed by atoms with E-state index in [0.717, 1.165) is 36.9 Å². The summed E-state index contributed by atoms with van der Waals surface area (Å²) in [5.74, 6) is 1.72. The van der Waals surface area contributed by atoms with Gasteiger partial charge in [-0.1, -0.05) is 6.07 Å². The van der Waals surface area contributed by atoms with E-state index in [1.807, 2.05) is 6.07 Å². The van der Waals surface area contributed by atoms with Crippen molar-refractivity contribution >= 4 is 17.8 Å². The number of pyridine rings is 1. The van der Waals surface area contributed by atoms with Crippen LogP contribution in [0.15, 0.2) is 24.4 Å². The van der Waals surface area contributed by atoms with Crippen LogP contribution in [0.4, 0.5) is 10.6 Å². The maximum atomic E-state index is 12.2. The standard InChI is InChI=1S/C19H25N5O4/c1-28-18-5-3-13(11-21-18)9-17(25)22-16-10-15(23-24-16)14-4-2-12(8-14)6-7-20-19(26)27/h3,5,10-12,14,20H,2,4,6-9H2,1H3,(H,26,27)(H2,22,23,24,25)/t12-,14-/m0/s1. The highest BCUT2D eigenvalue weighted by atomic mass is 16.5. The Kier molecular flexibility index (Phi) is 6.46. The zero-order chi connectivity index (χ0) is 19.9. The molecular formula is C19H25N5O4. The number of ether oxygens (including phenoxy) is 1. The molecule has 0 spiro atoms. The summed E-state index contributed by atoms with van der Waals surface area (Å²) in [6.45, 7) is 0.483. The summed E-state index contributed by atoms with van der Waals surface area (Å²) in [5.41, 5.74) is 1.80. The number of amides is 2. The predicted molar refractivity (Wildman–Crippen MR) is 102 cm³/mol. The van der Waals surface area contributed by atoms with Crippen LogP contribution in [0.5, 0.6) is 5.88 Å². The lowest BCUT2D eigenvalue weighted by atomic mass is 9.99. The number of hydrogen-bond donors (Lipinski definition) is 4. The lowest BCUT2D eigenvalue weighted by Gasteiger charge is -2.09. The number of nitrogens with one attached hydrogen (secondary N) is 3. The molecule has 2 atom stereocenters. The Morgan fingerprint density at radius 1 is 1.36 bits per heavy atom. The molecule has 9 heteroatoms. The molecule has 0 bridgehead atoms. The van der Waals surface area contributed by atoms with Gasteiger partial charge in [0.25, 0.3) is 0 Å². The van der Waals surface area contributed by atoms with Crippen LogP contribution >= 0.6 is 0 Å². The van der Waals surface area contributed by atoms with Gasteiger partial charge in [0.05, 0.1) is 13.5 Å². The van der Waals surface area contributed by atoms with Crippen LogP contribution < -0.4 is 15.4 Å². The molecule has 4 N–H and O–H groups in total. The fourth-order valence-corrected chi connectivity index (χ4v) is 3.62. The molecular weight excluding hydrogens is 362 g/mol. The van der Waals surface area contributed by atoms with Crippen molar-refractivity contribution in [3.05, 3.63) is 35.7 Å². The molecule has 0 aromatic carbocycles. The normalized spacial score (nSPS) is 18.6. The van der Waals surface area contributed by atoms with Crippen molar-refractivity contribution in [2.75, 3.05) is 19.0 Å². The molecule has 1 fully saturated rings.